The average Bonchev–Trinajstić information content (AvgIpc) is 3.32. The maximum Gasteiger partial charge on any atom is 2.00 e. The van der Waals surface area contributed by atoms with Gasteiger partial charge in [-0.15, -0.1) is 0 Å². The Morgan fingerprint density at radius 2 is 0.493 bits per heavy atom. The molecular formula is C60H118CaO8S2. The SMILES string of the molecule is CCCCCCCCC/C=C/C(CCCCCCCCCCCCCCCCC)COS(=O)(=O)[O-].CCCCCCCCC/C=C/C(CCCCCCCCCCCCCCCCC)COS(=O)(=O)[O-].[Ca+2]. The van der Waals surface area contributed by atoms with Crippen molar-refractivity contribution in [2.75, 3.05) is 13.2 Å². The van der Waals surface area contributed by atoms with Crippen LogP contribution in [0.4, 0.5) is 0 Å². The molecule has 8 nitrogen and oxygen atoms in total. The van der Waals surface area contributed by atoms with Crippen LogP contribution < -0.4 is 0 Å². The van der Waals surface area contributed by atoms with Crippen molar-refractivity contribution >= 4 is 58.5 Å². The number of rotatable bonds is 56. The molecule has 2 atom stereocenters. The molecule has 0 fully saturated rings. The van der Waals surface area contributed by atoms with E-state index < -0.39 is 20.8 Å². The molecule has 0 aliphatic heterocycles. The van der Waals surface area contributed by atoms with Crippen LogP contribution in [0.15, 0.2) is 24.3 Å². The van der Waals surface area contributed by atoms with Gasteiger partial charge in [-0.25, -0.2) is 16.8 Å². The minimum Gasteiger partial charge on any atom is -0.726 e. The summed E-state index contributed by atoms with van der Waals surface area (Å²) in [7, 11) is -9.23. The van der Waals surface area contributed by atoms with E-state index in [1.165, 1.54) is 270 Å². The second kappa shape index (κ2) is 61.3. The molecule has 0 radical (unpaired) electrons. The normalized spacial score (nSPS) is 12.9. The maximum atomic E-state index is 10.9. The zero-order valence-electron chi connectivity index (χ0n) is 47.6. The molecular weight excluding hydrogens is 953 g/mol. The monoisotopic (exact) mass is 1070 g/mol. The minimum atomic E-state index is -4.61. The van der Waals surface area contributed by atoms with Gasteiger partial charge in [0.1, 0.15) is 0 Å². The summed E-state index contributed by atoms with van der Waals surface area (Å²) in [5.41, 5.74) is 0. The molecule has 0 N–H and O–H groups in total. The summed E-state index contributed by atoms with van der Waals surface area (Å²) >= 11 is 0. The fourth-order valence-electron chi connectivity index (χ4n) is 9.38. The molecule has 71 heavy (non-hydrogen) atoms. The Labute approximate surface area is 474 Å². The van der Waals surface area contributed by atoms with E-state index >= 15 is 0 Å². The predicted octanol–water partition coefficient (Wildman–Crippen LogP) is 19.7. The summed E-state index contributed by atoms with van der Waals surface area (Å²) in [5, 5.41) is 0. The number of hydrogen-bond acceptors (Lipinski definition) is 8. The third kappa shape index (κ3) is 70.5. The van der Waals surface area contributed by atoms with Crippen molar-refractivity contribution in [1.82, 2.24) is 0 Å². The van der Waals surface area contributed by atoms with E-state index in [1.54, 1.807) is 0 Å². The molecule has 2 unspecified atom stereocenters. The van der Waals surface area contributed by atoms with Gasteiger partial charge < -0.3 is 9.11 Å². The summed E-state index contributed by atoms with van der Waals surface area (Å²) in [4.78, 5) is 0. The summed E-state index contributed by atoms with van der Waals surface area (Å²) < 4.78 is 74.3. The topological polar surface area (TPSA) is 133 Å². The quantitative estimate of drug-likeness (QED) is 0.0193. The van der Waals surface area contributed by atoms with Crippen molar-refractivity contribution < 1.29 is 34.3 Å². The van der Waals surface area contributed by atoms with Crippen LogP contribution in [0, 0.1) is 11.8 Å². The molecule has 0 aromatic carbocycles. The molecule has 0 heterocycles. The first kappa shape index (κ1) is 75.7. The molecule has 0 aromatic rings. The van der Waals surface area contributed by atoms with Gasteiger partial charge in [-0.3, -0.25) is 8.37 Å². The van der Waals surface area contributed by atoms with Gasteiger partial charge in [0.05, 0.1) is 13.2 Å². The summed E-state index contributed by atoms with van der Waals surface area (Å²) in [5.74, 6) is 0.0375. The van der Waals surface area contributed by atoms with E-state index in [4.69, 9.17) is 0 Å². The molecule has 0 saturated heterocycles. The predicted molar refractivity (Wildman–Crippen MR) is 307 cm³/mol. The van der Waals surface area contributed by atoms with Crippen molar-refractivity contribution in [3.63, 3.8) is 0 Å². The zero-order chi connectivity index (χ0) is 51.8. The van der Waals surface area contributed by atoms with Gasteiger partial charge in [0.25, 0.3) is 0 Å². The van der Waals surface area contributed by atoms with Crippen LogP contribution in [0.25, 0.3) is 0 Å². The molecule has 0 bridgehead atoms. The van der Waals surface area contributed by atoms with E-state index in [1.807, 2.05) is 0 Å². The molecule has 0 aliphatic rings. The van der Waals surface area contributed by atoms with Crippen LogP contribution in [0.2, 0.25) is 0 Å². The van der Waals surface area contributed by atoms with Gasteiger partial charge in [-0.05, 0) is 38.5 Å². The van der Waals surface area contributed by atoms with Crippen molar-refractivity contribution in [3.8, 4) is 0 Å². The van der Waals surface area contributed by atoms with Crippen molar-refractivity contribution in [3.05, 3.63) is 24.3 Å². The van der Waals surface area contributed by atoms with E-state index in [9.17, 15) is 25.9 Å². The average molecular weight is 1070 g/mol. The molecule has 0 aromatic heterocycles. The molecule has 0 rings (SSSR count). The Morgan fingerprint density at radius 3 is 0.690 bits per heavy atom. The number of allylic oxidation sites excluding steroid dienone is 2. The molecule has 0 spiro atoms. The second-order valence-electron chi connectivity index (χ2n) is 21.1. The van der Waals surface area contributed by atoms with Crippen LogP contribution in [0.3, 0.4) is 0 Å². The molecule has 0 saturated carbocycles. The second-order valence-corrected chi connectivity index (χ2v) is 23.2. The standard InChI is InChI=1S/2C30H60O4S.Ca/c2*1-3-5-7-9-11-13-14-15-16-17-18-20-22-24-26-28-30(29-34-35(31,32)33)27-25-23-21-19-12-10-8-6-4-2;/h2*25,27,30H,3-24,26,28-29H2,1-2H3,(H,31,32,33);/q;;+2/p-2/b2*27-25+;. The van der Waals surface area contributed by atoms with E-state index in [0.717, 1.165) is 38.5 Å². The Bertz CT molecular complexity index is 1190. The molecule has 11 heteroatoms. The van der Waals surface area contributed by atoms with Crippen LogP contribution in [0.1, 0.15) is 336 Å². The third-order valence-corrected chi connectivity index (χ3v) is 14.8. The van der Waals surface area contributed by atoms with Gasteiger partial charge in [0.2, 0.25) is 20.8 Å². The van der Waals surface area contributed by atoms with Crippen molar-refractivity contribution in [1.29, 1.82) is 0 Å². The fourth-order valence-corrected chi connectivity index (χ4v) is 10.1. The maximum absolute atomic E-state index is 10.9. The largest absolute Gasteiger partial charge is 2.00 e. The van der Waals surface area contributed by atoms with Crippen molar-refractivity contribution in [2.24, 2.45) is 11.8 Å². The first-order valence-corrected chi connectivity index (χ1v) is 33.2. The third-order valence-electron chi connectivity index (χ3n) is 14.0. The fraction of sp³-hybridized carbons (Fsp3) is 0.933. The summed E-state index contributed by atoms with van der Waals surface area (Å²) in [6.07, 6.45) is 70.4. The summed E-state index contributed by atoms with van der Waals surface area (Å²) in [6, 6.07) is 0. The van der Waals surface area contributed by atoms with Crippen LogP contribution in [0.5, 0.6) is 0 Å². The molecule has 420 valence electrons. The number of hydrogen-bond donors (Lipinski definition) is 0. The van der Waals surface area contributed by atoms with E-state index in [2.05, 4.69) is 60.4 Å². The Balaban J connectivity index is -0.00000128. The van der Waals surface area contributed by atoms with Crippen LogP contribution in [-0.2, 0) is 29.2 Å². The van der Waals surface area contributed by atoms with Crippen molar-refractivity contribution in [2.45, 2.75) is 336 Å². The van der Waals surface area contributed by atoms with Gasteiger partial charge in [-0.1, -0.05) is 322 Å². The Hall–Kier alpha value is 0.480. The van der Waals surface area contributed by atoms with Gasteiger partial charge in [0.15, 0.2) is 0 Å². The van der Waals surface area contributed by atoms with E-state index in [-0.39, 0.29) is 62.8 Å². The van der Waals surface area contributed by atoms with Crippen LogP contribution >= 0.6 is 0 Å². The Morgan fingerprint density at radius 1 is 0.310 bits per heavy atom. The van der Waals surface area contributed by atoms with Crippen LogP contribution in [-0.4, -0.2) is 76.9 Å². The summed E-state index contributed by atoms with van der Waals surface area (Å²) in [6.45, 7) is 8.99. The van der Waals surface area contributed by atoms with Gasteiger partial charge in [-0.2, -0.15) is 0 Å². The smallest absolute Gasteiger partial charge is 0.726 e. The Kier molecular flexibility index (Phi) is 65.4. The molecule has 0 amide bonds. The first-order valence-electron chi connectivity index (χ1n) is 30.5. The van der Waals surface area contributed by atoms with Gasteiger partial charge in [0, 0.05) is 11.8 Å². The first-order chi connectivity index (χ1) is 34.0. The zero-order valence-corrected chi connectivity index (χ0v) is 51.5. The number of unbranched alkanes of at least 4 members (excludes halogenated alkanes) is 42. The minimum absolute atomic E-state index is 0. The van der Waals surface area contributed by atoms with Gasteiger partial charge >= 0.3 is 37.7 Å². The van der Waals surface area contributed by atoms with E-state index in [0.29, 0.717) is 0 Å². The molecule has 0 aliphatic carbocycles.